The minimum absolute atomic E-state index is 0.0662. The lowest BCUT2D eigenvalue weighted by Crippen LogP contribution is -2.47. The Labute approximate surface area is 132 Å². The minimum Gasteiger partial charge on any atom is -0.496 e. The summed E-state index contributed by atoms with van der Waals surface area (Å²) in [6.07, 6.45) is -1.11. The van der Waals surface area contributed by atoms with Crippen LogP contribution < -0.4 is 14.4 Å². The molecule has 6 nitrogen and oxygen atoms in total. The van der Waals surface area contributed by atoms with Crippen molar-refractivity contribution in [2.24, 2.45) is 0 Å². The number of anilines is 1. The molecular weight excluding hydrogens is 298 g/mol. The van der Waals surface area contributed by atoms with Crippen molar-refractivity contribution in [2.75, 3.05) is 18.6 Å². The van der Waals surface area contributed by atoms with Gasteiger partial charge in [-0.05, 0) is 24.3 Å². The summed E-state index contributed by atoms with van der Waals surface area (Å²) < 4.78 is 10.7. The molecule has 0 spiro atoms. The van der Waals surface area contributed by atoms with E-state index in [1.807, 2.05) is 0 Å². The van der Waals surface area contributed by atoms with Gasteiger partial charge in [-0.1, -0.05) is 24.3 Å². The molecule has 0 radical (unpaired) electrons. The fourth-order valence-electron chi connectivity index (χ4n) is 2.52. The van der Waals surface area contributed by atoms with Gasteiger partial charge in [-0.2, -0.15) is 0 Å². The van der Waals surface area contributed by atoms with Crippen molar-refractivity contribution in [3.8, 4) is 11.5 Å². The molecule has 2 aromatic carbocycles. The van der Waals surface area contributed by atoms with Gasteiger partial charge in [0, 0.05) is 0 Å². The Kier molecular flexibility index (Phi) is 3.89. The number of nitrogens with zero attached hydrogens (tertiary/aromatic N) is 1. The number of carboxylic acid groups (broad SMARTS) is 1. The van der Waals surface area contributed by atoms with Gasteiger partial charge in [0.05, 0.1) is 24.9 Å². The van der Waals surface area contributed by atoms with E-state index in [9.17, 15) is 14.7 Å². The molecule has 118 valence electrons. The number of carboxylic acids is 1. The fraction of sp³-hybridized carbons (Fsp3) is 0.176. The predicted octanol–water partition coefficient (Wildman–Crippen LogP) is 2.19. The topological polar surface area (TPSA) is 76.1 Å². The highest BCUT2D eigenvalue weighted by atomic mass is 16.5. The van der Waals surface area contributed by atoms with E-state index in [0.717, 1.165) is 0 Å². The van der Waals surface area contributed by atoms with Crippen LogP contribution in [0.1, 0.15) is 10.4 Å². The summed E-state index contributed by atoms with van der Waals surface area (Å²) in [6, 6.07) is 13.7. The maximum Gasteiger partial charge on any atom is 0.346 e. The van der Waals surface area contributed by atoms with Crippen LogP contribution in [0.2, 0.25) is 0 Å². The van der Waals surface area contributed by atoms with Crippen LogP contribution in [0.15, 0.2) is 48.5 Å². The first-order valence-electron chi connectivity index (χ1n) is 7.05. The van der Waals surface area contributed by atoms with Gasteiger partial charge in [0.15, 0.2) is 0 Å². The molecule has 0 aliphatic carbocycles. The van der Waals surface area contributed by atoms with Crippen LogP contribution in [0.4, 0.5) is 5.69 Å². The Hall–Kier alpha value is -3.02. The van der Waals surface area contributed by atoms with Gasteiger partial charge >= 0.3 is 5.97 Å². The first-order chi connectivity index (χ1) is 11.1. The highest BCUT2D eigenvalue weighted by molar-refractivity contribution is 6.09. The van der Waals surface area contributed by atoms with E-state index in [1.54, 1.807) is 48.5 Å². The molecule has 3 rings (SSSR count). The second-order valence-electron chi connectivity index (χ2n) is 5.03. The number of rotatable bonds is 3. The maximum absolute atomic E-state index is 12.9. The maximum atomic E-state index is 12.9. The van der Waals surface area contributed by atoms with Crippen molar-refractivity contribution in [3.63, 3.8) is 0 Å². The molecule has 1 aliphatic rings. The predicted molar refractivity (Wildman–Crippen MR) is 83.2 cm³/mol. The van der Waals surface area contributed by atoms with E-state index < -0.39 is 12.1 Å². The van der Waals surface area contributed by atoms with Crippen molar-refractivity contribution < 1.29 is 24.2 Å². The van der Waals surface area contributed by atoms with Gasteiger partial charge in [-0.15, -0.1) is 0 Å². The molecule has 0 unspecified atom stereocenters. The van der Waals surface area contributed by atoms with Gasteiger partial charge in [0.25, 0.3) is 5.91 Å². The normalized spacial score (nSPS) is 16.2. The van der Waals surface area contributed by atoms with Gasteiger partial charge in [-0.3, -0.25) is 4.79 Å². The molecule has 0 bridgehead atoms. The molecule has 6 heteroatoms. The van der Waals surface area contributed by atoms with Crippen LogP contribution >= 0.6 is 0 Å². The van der Waals surface area contributed by atoms with Crippen molar-refractivity contribution >= 4 is 17.6 Å². The summed E-state index contributed by atoms with van der Waals surface area (Å²) in [5, 5.41) is 9.25. The lowest BCUT2D eigenvalue weighted by Gasteiger charge is -2.33. The number of carbonyl (C=O) groups excluding carboxylic acids is 1. The van der Waals surface area contributed by atoms with Crippen molar-refractivity contribution in [2.45, 2.75) is 6.10 Å². The molecule has 1 heterocycles. The highest BCUT2D eigenvalue weighted by Gasteiger charge is 2.34. The summed E-state index contributed by atoms with van der Waals surface area (Å²) in [5.74, 6) is -0.635. The summed E-state index contributed by atoms with van der Waals surface area (Å²) >= 11 is 0. The smallest absolute Gasteiger partial charge is 0.346 e. The molecule has 0 saturated carbocycles. The number of methoxy groups -OCH3 is 1. The molecule has 2 aromatic rings. The first kappa shape index (κ1) is 14.9. The third kappa shape index (κ3) is 2.70. The molecule has 0 aromatic heterocycles. The largest absolute Gasteiger partial charge is 0.496 e. The monoisotopic (exact) mass is 313 g/mol. The number of para-hydroxylation sites is 3. The van der Waals surface area contributed by atoms with E-state index in [-0.39, 0.29) is 12.5 Å². The first-order valence-corrected chi connectivity index (χ1v) is 7.05. The Morgan fingerprint density at radius 2 is 1.87 bits per heavy atom. The molecule has 1 aliphatic heterocycles. The van der Waals surface area contributed by atoms with E-state index in [2.05, 4.69) is 0 Å². The number of carbonyl (C=O) groups is 2. The van der Waals surface area contributed by atoms with Crippen molar-refractivity contribution in [1.82, 2.24) is 0 Å². The second-order valence-corrected chi connectivity index (χ2v) is 5.03. The summed E-state index contributed by atoms with van der Waals surface area (Å²) in [5.41, 5.74) is 0.914. The van der Waals surface area contributed by atoms with E-state index >= 15 is 0 Å². The van der Waals surface area contributed by atoms with E-state index in [4.69, 9.17) is 9.47 Å². The zero-order valence-corrected chi connectivity index (χ0v) is 12.4. The Morgan fingerprint density at radius 1 is 1.17 bits per heavy atom. The lowest BCUT2D eigenvalue weighted by atomic mass is 10.1. The van der Waals surface area contributed by atoms with Crippen molar-refractivity contribution in [3.05, 3.63) is 54.1 Å². The molecule has 0 saturated heterocycles. The third-order valence-corrected chi connectivity index (χ3v) is 3.63. The highest BCUT2D eigenvalue weighted by Crippen LogP contribution is 2.35. The minimum atomic E-state index is -1.11. The number of benzene rings is 2. The van der Waals surface area contributed by atoms with Crippen molar-refractivity contribution in [1.29, 1.82) is 0 Å². The van der Waals surface area contributed by atoms with Crippen LogP contribution in [0.3, 0.4) is 0 Å². The summed E-state index contributed by atoms with van der Waals surface area (Å²) in [4.78, 5) is 25.6. The van der Waals surface area contributed by atoms with Gasteiger partial charge in [0.1, 0.15) is 11.5 Å². The van der Waals surface area contributed by atoms with Crippen LogP contribution in [0, 0.1) is 0 Å². The number of hydrogen-bond acceptors (Lipinski definition) is 4. The zero-order chi connectivity index (χ0) is 16.4. The third-order valence-electron chi connectivity index (χ3n) is 3.63. The number of ether oxygens (including phenoxy) is 2. The molecular formula is C17H15NO5. The van der Waals surface area contributed by atoms with E-state index in [1.165, 1.54) is 12.0 Å². The Balaban J connectivity index is 2.03. The molecule has 0 fully saturated rings. The second kappa shape index (κ2) is 6.00. The van der Waals surface area contributed by atoms with Crippen LogP contribution in [0.5, 0.6) is 11.5 Å². The van der Waals surface area contributed by atoms with Crippen LogP contribution in [0.25, 0.3) is 0 Å². The average molecular weight is 313 g/mol. The van der Waals surface area contributed by atoms with Gasteiger partial charge < -0.3 is 19.5 Å². The number of fused-ring (bicyclic) bond motifs is 1. The molecule has 1 atom stereocenters. The van der Waals surface area contributed by atoms with Gasteiger partial charge in [-0.25, -0.2) is 4.79 Å². The average Bonchev–Trinajstić information content (AvgIpc) is 2.60. The lowest BCUT2D eigenvalue weighted by molar-refractivity contribution is -0.144. The zero-order valence-electron chi connectivity index (χ0n) is 12.4. The SMILES string of the molecule is COc1ccccc1C(=O)N1C[C@@H](C(=O)O)Oc2ccccc21. The number of amides is 1. The molecule has 1 N–H and O–H groups in total. The van der Waals surface area contributed by atoms with Crippen LogP contribution in [-0.2, 0) is 4.79 Å². The Morgan fingerprint density at radius 3 is 2.61 bits per heavy atom. The number of aliphatic carboxylic acids is 1. The summed E-state index contributed by atoms with van der Waals surface area (Å²) in [6.45, 7) is -0.0662. The van der Waals surface area contributed by atoms with E-state index in [0.29, 0.717) is 22.7 Å². The Bertz CT molecular complexity index is 758. The van der Waals surface area contributed by atoms with Crippen LogP contribution in [-0.4, -0.2) is 36.7 Å². The van der Waals surface area contributed by atoms with Gasteiger partial charge in [0.2, 0.25) is 6.10 Å². The quantitative estimate of drug-likeness (QED) is 0.940. The number of hydrogen-bond donors (Lipinski definition) is 1. The summed E-state index contributed by atoms with van der Waals surface area (Å²) in [7, 11) is 1.49. The standard InChI is InChI=1S/C17H15NO5/c1-22-13-8-4-2-6-11(13)16(19)18-10-15(17(20)21)23-14-9-5-3-7-12(14)18/h2-9,15H,10H2,1H3,(H,20,21)/t15-/m0/s1. The molecule has 1 amide bonds. The fourth-order valence-corrected chi connectivity index (χ4v) is 2.52. The molecule has 23 heavy (non-hydrogen) atoms.